The van der Waals surface area contributed by atoms with E-state index in [0.717, 1.165) is 0 Å². The Balaban J connectivity index is 1.89. The zero-order valence-corrected chi connectivity index (χ0v) is 17.0. The summed E-state index contributed by atoms with van der Waals surface area (Å²) in [5.74, 6) is -0.555. The average Bonchev–Trinajstić information content (AvgIpc) is 2.68. The molecule has 0 saturated carbocycles. The summed E-state index contributed by atoms with van der Waals surface area (Å²) in [6, 6.07) is 11.3. The molecule has 0 aliphatic rings. The van der Waals surface area contributed by atoms with Gasteiger partial charge in [-0.3, -0.25) is 9.59 Å². The van der Waals surface area contributed by atoms with E-state index >= 15 is 0 Å². The van der Waals surface area contributed by atoms with Crippen molar-refractivity contribution in [2.24, 2.45) is 0 Å². The third-order valence-corrected chi connectivity index (χ3v) is 5.11. The van der Waals surface area contributed by atoms with Crippen molar-refractivity contribution in [3.8, 4) is 0 Å². The number of nitrogens with one attached hydrogen (secondary N) is 2. The number of hydrogen-bond donors (Lipinski definition) is 2. The minimum atomic E-state index is -0.393. The van der Waals surface area contributed by atoms with Crippen molar-refractivity contribution in [1.29, 1.82) is 0 Å². The van der Waals surface area contributed by atoms with Crippen molar-refractivity contribution >= 4 is 40.9 Å². The minimum absolute atomic E-state index is 0.106. The number of amides is 2. The van der Waals surface area contributed by atoms with Gasteiger partial charge in [-0.2, -0.15) is 0 Å². The molecule has 0 saturated heterocycles. The largest absolute Gasteiger partial charge is 0.385 e. The predicted octanol–water partition coefficient (Wildman–Crippen LogP) is 4.12. The average molecular weight is 425 g/mol. The highest BCUT2D eigenvalue weighted by Gasteiger charge is 2.13. The Morgan fingerprint density at radius 2 is 1.96 bits per heavy atom. The van der Waals surface area contributed by atoms with E-state index < -0.39 is 5.82 Å². The molecule has 8 heteroatoms. The molecule has 2 rings (SSSR count). The Bertz CT molecular complexity index is 800. The van der Waals surface area contributed by atoms with E-state index in [0.29, 0.717) is 41.4 Å². The summed E-state index contributed by atoms with van der Waals surface area (Å²) in [5, 5.41) is 5.87. The number of ether oxygens (including phenoxy) is 1. The second-order valence-corrected chi connectivity index (χ2v) is 7.28. The van der Waals surface area contributed by atoms with Gasteiger partial charge in [0, 0.05) is 36.6 Å². The standard InChI is InChI=1S/C20H22ClFN2O3S/c1-27-11-5-10-23-20(26)14-6-2-3-9-18(14)24-19(25)13-28-12-15-16(21)7-4-8-17(15)22/h2-4,6-9H,5,10-13H2,1H3,(H,23,26)(H,24,25). The van der Waals surface area contributed by atoms with Gasteiger partial charge in [-0.15, -0.1) is 11.8 Å². The summed E-state index contributed by atoms with van der Waals surface area (Å²) in [6.45, 7) is 1.04. The molecule has 2 N–H and O–H groups in total. The summed E-state index contributed by atoms with van der Waals surface area (Å²) in [4.78, 5) is 24.6. The molecule has 150 valence electrons. The van der Waals surface area contributed by atoms with Crippen LogP contribution in [-0.2, 0) is 15.3 Å². The Morgan fingerprint density at radius 1 is 1.18 bits per heavy atom. The van der Waals surface area contributed by atoms with E-state index in [9.17, 15) is 14.0 Å². The number of carbonyl (C=O) groups excluding carboxylic acids is 2. The molecule has 0 heterocycles. The van der Waals surface area contributed by atoms with Crippen molar-refractivity contribution in [1.82, 2.24) is 5.32 Å². The molecule has 0 aliphatic carbocycles. The monoisotopic (exact) mass is 424 g/mol. The molecule has 2 aromatic carbocycles. The van der Waals surface area contributed by atoms with Gasteiger partial charge in [0.1, 0.15) is 5.82 Å². The van der Waals surface area contributed by atoms with Gasteiger partial charge >= 0.3 is 0 Å². The van der Waals surface area contributed by atoms with E-state index in [1.54, 1.807) is 37.4 Å². The normalized spacial score (nSPS) is 10.5. The van der Waals surface area contributed by atoms with Crippen LogP contribution in [0.15, 0.2) is 42.5 Å². The van der Waals surface area contributed by atoms with Crippen molar-refractivity contribution in [2.75, 3.05) is 31.3 Å². The summed E-state index contributed by atoms with van der Waals surface area (Å²) in [5.41, 5.74) is 1.19. The fourth-order valence-corrected chi connectivity index (χ4v) is 3.57. The topological polar surface area (TPSA) is 67.4 Å². The van der Waals surface area contributed by atoms with Crippen molar-refractivity contribution < 1.29 is 18.7 Å². The Kier molecular flexibility index (Phi) is 9.27. The number of hydrogen-bond acceptors (Lipinski definition) is 4. The Labute approximate surface area is 173 Å². The van der Waals surface area contributed by atoms with Crippen LogP contribution < -0.4 is 10.6 Å². The third kappa shape index (κ3) is 6.82. The van der Waals surface area contributed by atoms with Gasteiger partial charge in [-0.25, -0.2) is 4.39 Å². The van der Waals surface area contributed by atoms with E-state index in [4.69, 9.17) is 16.3 Å². The lowest BCUT2D eigenvalue weighted by molar-refractivity contribution is -0.113. The van der Waals surface area contributed by atoms with Crippen LogP contribution in [0.1, 0.15) is 22.3 Å². The number of para-hydroxylation sites is 1. The predicted molar refractivity (Wildman–Crippen MR) is 111 cm³/mol. The number of carbonyl (C=O) groups is 2. The number of halogens is 2. The second kappa shape index (κ2) is 11.7. The highest BCUT2D eigenvalue weighted by atomic mass is 35.5. The zero-order chi connectivity index (χ0) is 20.4. The van der Waals surface area contributed by atoms with Crippen LogP contribution >= 0.6 is 23.4 Å². The molecule has 0 aliphatic heterocycles. The lowest BCUT2D eigenvalue weighted by Crippen LogP contribution is -2.27. The molecular formula is C20H22ClFN2O3S. The smallest absolute Gasteiger partial charge is 0.253 e. The minimum Gasteiger partial charge on any atom is -0.385 e. The number of benzene rings is 2. The van der Waals surface area contributed by atoms with E-state index in [2.05, 4.69) is 10.6 Å². The first-order valence-corrected chi connectivity index (χ1v) is 10.2. The summed E-state index contributed by atoms with van der Waals surface area (Å²) in [7, 11) is 1.60. The molecule has 0 fully saturated rings. The van der Waals surface area contributed by atoms with Gasteiger partial charge in [0.05, 0.1) is 17.0 Å². The molecule has 0 unspecified atom stereocenters. The number of rotatable bonds is 10. The molecule has 0 spiro atoms. The molecule has 0 aromatic heterocycles. The molecule has 0 atom stereocenters. The van der Waals surface area contributed by atoms with Crippen LogP contribution in [0.3, 0.4) is 0 Å². The number of anilines is 1. The van der Waals surface area contributed by atoms with E-state index in [1.807, 2.05) is 0 Å². The highest BCUT2D eigenvalue weighted by Crippen LogP contribution is 2.24. The van der Waals surface area contributed by atoms with Crippen molar-refractivity contribution in [3.63, 3.8) is 0 Å². The van der Waals surface area contributed by atoms with Crippen LogP contribution in [0.25, 0.3) is 0 Å². The summed E-state index contributed by atoms with van der Waals surface area (Å²) < 4.78 is 18.7. The van der Waals surface area contributed by atoms with Gasteiger partial charge in [0.25, 0.3) is 5.91 Å². The van der Waals surface area contributed by atoms with Gasteiger partial charge in [-0.05, 0) is 30.7 Å². The van der Waals surface area contributed by atoms with Gasteiger partial charge in [-0.1, -0.05) is 29.8 Å². The summed E-state index contributed by atoms with van der Waals surface area (Å²) >= 11 is 7.23. The van der Waals surface area contributed by atoms with Crippen LogP contribution in [0, 0.1) is 5.82 Å². The van der Waals surface area contributed by atoms with Gasteiger partial charge in [0.15, 0.2) is 0 Å². The molecule has 0 radical (unpaired) electrons. The second-order valence-electron chi connectivity index (χ2n) is 5.89. The van der Waals surface area contributed by atoms with Crippen LogP contribution in [0.2, 0.25) is 5.02 Å². The maximum absolute atomic E-state index is 13.8. The third-order valence-electron chi connectivity index (χ3n) is 3.80. The number of methoxy groups -OCH3 is 1. The molecule has 2 aromatic rings. The fourth-order valence-electron chi connectivity index (χ4n) is 2.41. The zero-order valence-electron chi connectivity index (χ0n) is 15.5. The SMILES string of the molecule is COCCCNC(=O)c1ccccc1NC(=O)CSCc1c(F)cccc1Cl. The maximum atomic E-state index is 13.8. The highest BCUT2D eigenvalue weighted by molar-refractivity contribution is 7.99. The Hall–Kier alpha value is -2.09. The molecule has 2 amide bonds. The molecule has 5 nitrogen and oxygen atoms in total. The summed E-state index contributed by atoms with van der Waals surface area (Å²) in [6.07, 6.45) is 0.700. The fraction of sp³-hybridized carbons (Fsp3) is 0.300. The van der Waals surface area contributed by atoms with Crippen molar-refractivity contribution in [2.45, 2.75) is 12.2 Å². The maximum Gasteiger partial charge on any atom is 0.253 e. The van der Waals surface area contributed by atoms with E-state index in [1.165, 1.54) is 23.9 Å². The molecule has 0 bridgehead atoms. The number of thioether (sulfide) groups is 1. The van der Waals surface area contributed by atoms with Crippen LogP contribution in [0.5, 0.6) is 0 Å². The lowest BCUT2D eigenvalue weighted by atomic mass is 10.1. The van der Waals surface area contributed by atoms with Gasteiger partial charge < -0.3 is 15.4 Å². The Morgan fingerprint density at radius 3 is 2.71 bits per heavy atom. The first-order chi connectivity index (χ1) is 13.5. The van der Waals surface area contributed by atoms with E-state index in [-0.39, 0.29) is 23.3 Å². The first kappa shape index (κ1) is 22.2. The quantitative estimate of drug-likeness (QED) is 0.563. The van der Waals surface area contributed by atoms with Crippen LogP contribution in [-0.4, -0.2) is 37.8 Å². The van der Waals surface area contributed by atoms with Crippen molar-refractivity contribution in [3.05, 3.63) is 64.4 Å². The first-order valence-electron chi connectivity index (χ1n) is 8.69. The lowest BCUT2D eigenvalue weighted by Gasteiger charge is -2.11. The molecule has 28 heavy (non-hydrogen) atoms. The van der Waals surface area contributed by atoms with Gasteiger partial charge in [0.2, 0.25) is 5.91 Å². The molecular weight excluding hydrogens is 403 g/mol. The van der Waals surface area contributed by atoms with Crippen LogP contribution in [0.4, 0.5) is 10.1 Å².